The molecule has 0 aliphatic heterocycles. The first-order valence-corrected chi connectivity index (χ1v) is 6.10. The maximum absolute atomic E-state index is 9.32. The van der Waals surface area contributed by atoms with Crippen LogP contribution in [0.3, 0.4) is 0 Å². The molecule has 6 heteroatoms. The van der Waals surface area contributed by atoms with E-state index in [-0.39, 0.29) is 0 Å². The molecule has 16 heavy (non-hydrogen) atoms. The SMILES string of the molecule is NCC(O)CCSc1nnc2ccccn12. The van der Waals surface area contributed by atoms with Crippen LogP contribution in [0.15, 0.2) is 29.6 Å². The summed E-state index contributed by atoms with van der Waals surface area (Å²) in [6.07, 6.45) is 2.17. The van der Waals surface area contributed by atoms with Crippen LogP contribution in [0.25, 0.3) is 5.65 Å². The van der Waals surface area contributed by atoms with Gasteiger partial charge in [-0.05, 0) is 18.6 Å². The predicted molar refractivity (Wildman–Crippen MR) is 63.4 cm³/mol. The molecule has 0 bridgehead atoms. The number of nitrogens with zero attached hydrogens (tertiary/aromatic N) is 3. The number of aliphatic hydroxyl groups excluding tert-OH is 1. The maximum Gasteiger partial charge on any atom is 0.195 e. The topological polar surface area (TPSA) is 76.4 Å². The number of rotatable bonds is 5. The van der Waals surface area contributed by atoms with Gasteiger partial charge in [0, 0.05) is 18.5 Å². The van der Waals surface area contributed by atoms with Gasteiger partial charge in [-0.15, -0.1) is 10.2 Å². The molecule has 2 aromatic rings. The fourth-order valence-electron chi connectivity index (χ4n) is 1.32. The zero-order chi connectivity index (χ0) is 11.4. The fourth-order valence-corrected chi connectivity index (χ4v) is 2.29. The van der Waals surface area contributed by atoms with Crippen LogP contribution in [-0.4, -0.2) is 38.1 Å². The highest BCUT2D eigenvalue weighted by molar-refractivity contribution is 7.99. The molecule has 0 saturated carbocycles. The third-order valence-electron chi connectivity index (χ3n) is 2.24. The zero-order valence-corrected chi connectivity index (χ0v) is 9.60. The zero-order valence-electron chi connectivity index (χ0n) is 8.78. The van der Waals surface area contributed by atoms with Crippen molar-refractivity contribution >= 4 is 17.4 Å². The Morgan fingerprint density at radius 1 is 1.44 bits per heavy atom. The van der Waals surface area contributed by atoms with E-state index in [4.69, 9.17) is 5.73 Å². The smallest absolute Gasteiger partial charge is 0.195 e. The van der Waals surface area contributed by atoms with Gasteiger partial charge < -0.3 is 10.8 Å². The molecule has 3 N–H and O–H groups in total. The quantitative estimate of drug-likeness (QED) is 0.743. The van der Waals surface area contributed by atoms with Crippen LogP contribution in [0.5, 0.6) is 0 Å². The van der Waals surface area contributed by atoms with Gasteiger partial charge in [0.25, 0.3) is 0 Å². The van der Waals surface area contributed by atoms with E-state index < -0.39 is 6.10 Å². The highest BCUT2D eigenvalue weighted by Gasteiger charge is 2.06. The van der Waals surface area contributed by atoms with Crippen molar-refractivity contribution in [1.29, 1.82) is 0 Å². The molecule has 0 aliphatic carbocycles. The monoisotopic (exact) mass is 238 g/mol. The predicted octanol–water partition coefficient (Wildman–Crippen LogP) is 0.531. The second-order valence-electron chi connectivity index (χ2n) is 3.44. The third kappa shape index (κ3) is 2.52. The van der Waals surface area contributed by atoms with Crippen LogP contribution in [0.1, 0.15) is 6.42 Å². The van der Waals surface area contributed by atoms with Crippen molar-refractivity contribution in [2.45, 2.75) is 17.7 Å². The molecule has 1 atom stereocenters. The molecular weight excluding hydrogens is 224 g/mol. The summed E-state index contributed by atoms with van der Waals surface area (Å²) in [6.45, 7) is 0.307. The van der Waals surface area contributed by atoms with Crippen LogP contribution in [0.2, 0.25) is 0 Å². The van der Waals surface area contributed by atoms with E-state index in [0.29, 0.717) is 13.0 Å². The number of aromatic nitrogens is 3. The van der Waals surface area contributed by atoms with E-state index >= 15 is 0 Å². The van der Waals surface area contributed by atoms with E-state index in [1.54, 1.807) is 11.8 Å². The number of fused-ring (bicyclic) bond motifs is 1. The van der Waals surface area contributed by atoms with Gasteiger partial charge in [-0.1, -0.05) is 17.8 Å². The summed E-state index contributed by atoms with van der Waals surface area (Å²) in [5.41, 5.74) is 6.17. The lowest BCUT2D eigenvalue weighted by Gasteiger charge is -2.05. The van der Waals surface area contributed by atoms with Crippen molar-refractivity contribution < 1.29 is 5.11 Å². The second-order valence-corrected chi connectivity index (χ2v) is 4.50. The van der Waals surface area contributed by atoms with E-state index in [1.165, 1.54) is 0 Å². The lowest BCUT2D eigenvalue weighted by molar-refractivity contribution is 0.180. The summed E-state index contributed by atoms with van der Waals surface area (Å²) < 4.78 is 1.93. The van der Waals surface area contributed by atoms with Crippen molar-refractivity contribution in [1.82, 2.24) is 14.6 Å². The number of hydrogen-bond donors (Lipinski definition) is 2. The van der Waals surface area contributed by atoms with Crippen LogP contribution >= 0.6 is 11.8 Å². The third-order valence-corrected chi connectivity index (χ3v) is 3.21. The molecule has 2 heterocycles. The Morgan fingerprint density at radius 2 is 2.31 bits per heavy atom. The Bertz CT molecular complexity index is 459. The molecule has 86 valence electrons. The van der Waals surface area contributed by atoms with Crippen LogP contribution in [-0.2, 0) is 0 Å². The van der Waals surface area contributed by atoms with Gasteiger partial charge in [-0.3, -0.25) is 4.40 Å². The molecule has 0 fully saturated rings. The average molecular weight is 238 g/mol. The summed E-state index contributed by atoms with van der Waals surface area (Å²) in [5, 5.41) is 18.3. The second kappa shape index (κ2) is 5.29. The van der Waals surface area contributed by atoms with Gasteiger partial charge >= 0.3 is 0 Å². The standard InChI is InChI=1S/C10H14N4OS/c11-7-8(15)4-6-16-10-13-12-9-3-1-2-5-14(9)10/h1-3,5,8,15H,4,6-7,11H2. The minimum absolute atomic E-state index is 0.307. The molecule has 0 aromatic carbocycles. The molecule has 0 amide bonds. The Hall–Kier alpha value is -1.11. The van der Waals surface area contributed by atoms with Crippen LogP contribution in [0, 0.1) is 0 Å². The molecular formula is C10H14N4OS. The summed E-state index contributed by atoms with van der Waals surface area (Å²) in [4.78, 5) is 0. The Morgan fingerprint density at radius 3 is 3.12 bits per heavy atom. The van der Waals surface area contributed by atoms with E-state index in [1.807, 2.05) is 28.8 Å². The minimum atomic E-state index is -0.424. The first-order valence-electron chi connectivity index (χ1n) is 5.12. The normalized spacial score (nSPS) is 13.1. The molecule has 0 radical (unpaired) electrons. The first-order chi connectivity index (χ1) is 7.81. The molecule has 2 aromatic heterocycles. The summed E-state index contributed by atoms with van der Waals surface area (Å²) in [6, 6.07) is 5.78. The van der Waals surface area contributed by atoms with Crippen molar-refractivity contribution in [3.63, 3.8) is 0 Å². The van der Waals surface area contributed by atoms with E-state index in [9.17, 15) is 5.11 Å². The van der Waals surface area contributed by atoms with E-state index in [2.05, 4.69) is 10.2 Å². The molecule has 5 nitrogen and oxygen atoms in total. The van der Waals surface area contributed by atoms with E-state index in [0.717, 1.165) is 16.6 Å². The minimum Gasteiger partial charge on any atom is -0.392 e. The molecule has 0 spiro atoms. The highest BCUT2D eigenvalue weighted by atomic mass is 32.2. The van der Waals surface area contributed by atoms with Crippen LogP contribution < -0.4 is 5.73 Å². The lowest BCUT2D eigenvalue weighted by atomic mass is 10.3. The lowest BCUT2D eigenvalue weighted by Crippen LogP contribution is -2.20. The average Bonchev–Trinajstić information content (AvgIpc) is 2.73. The number of nitrogens with two attached hydrogens (primary N) is 1. The Balaban J connectivity index is 1.99. The molecule has 0 saturated heterocycles. The maximum atomic E-state index is 9.32. The largest absolute Gasteiger partial charge is 0.392 e. The van der Waals surface area contributed by atoms with Gasteiger partial charge in [-0.2, -0.15) is 0 Å². The Labute approximate surface area is 97.7 Å². The van der Waals surface area contributed by atoms with Crippen molar-refractivity contribution in [3.8, 4) is 0 Å². The summed E-state index contributed by atoms with van der Waals surface area (Å²) in [5.74, 6) is 0.786. The van der Waals surface area contributed by atoms with Crippen LogP contribution in [0.4, 0.5) is 0 Å². The number of thioether (sulfide) groups is 1. The number of pyridine rings is 1. The molecule has 1 unspecified atom stereocenters. The van der Waals surface area contributed by atoms with Gasteiger partial charge in [0.05, 0.1) is 6.10 Å². The highest BCUT2D eigenvalue weighted by Crippen LogP contribution is 2.17. The van der Waals surface area contributed by atoms with Crippen molar-refractivity contribution in [3.05, 3.63) is 24.4 Å². The van der Waals surface area contributed by atoms with Gasteiger partial charge in [-0.25, -0.2) is 0 Å². The van der Waals surface area contributed by atoms with Gasteiger partial charge in [0.15, 0.2) is 10.8 Å². The van der Waals surface area contributed by atoms with Crippen molar-refractivity contribution in [2.75, 3.05) is 12.3 Å². The number of aliphatic hydroxyl groups is 1. The first kappa shape index (κ1) is 11.4. The molecule has 2 rings (SSSR count). The van der Waals surface area contributed by atoms with Gasteiger partial charge in [0.2, 0.25) is 0 Å². The van der Waals surface area contributed by atoms with Crippen molar-refractivity contribution in [2.24, 2.45) is 5.73 Å². The van der Waals surface area contributed by atoms with Gasteiger partial charge in [0.1, 0.15) is 0 Å². The summed E-state index contributed by atoms with van der Waals surface area (Å²) in [7, 11) is 0. The Kier molecular flexibility index (Phi) is 3.76. The molecule has 0 aliphatic rings. The fraction of sp³-hybridized carbons (Fsp3) is 0.400. The summed E-state index contributed by atoms with van der Waals surface area (Å²) >= 11 is 1.57. The number of hydrogen-bond acceptors (Lipinski definition) is 5.